The predicted octanol–water partition coefficient (Wildman–Crippen LogP) is 8.88. The van der Waals surface area contributed by atoms with Gasteiger partial charge in [0.2, 0.25) is 10.8 Å². The second kappa shape index (κ2) is 11.4. The van der Waals surface area contributed by atoms with Gasteiger partial charge in [0.1, 0.15) is 23.0 Å². The van der Waals surface area contributed by atoms with E-state index in [1.165, 1.54) is 6.07 Å². The third-order valence-electron chi connectivity index (χ3n) is 7.42. The first-order valence-electron chi connectivity index (χ1n) is 12.8. The molecule has 17 heteroatoms. The second-order valence-electron chi connectivity index (χ2n) is 10.1. The smallest absolute Gasteiger partial charge is 0.411 e. The molecule has 47 heavy (non-hydrogen) atoms. The van der Waals surface area contributed by atoms with Gasteiger partial charge in [-0.15, -0.1) is 0 Å². The third-order valence-corrected chi connectivity index (χ3v) is 7.42. The highest BCUT2D eigenvalue weighted by atomic mass is 19.4. The summed E-state index contributed by atoms with van der Waals surface area (Å²) in [6, 6.07) is 8.10. The molecule has 0 amide bonds. The molecule has 0 saturated carbocycles. The Morgan fingerprint density at radius 3 is 1.26 bits per heavy atom. The number of phenolic OH excluding ortho intramolecular Hbond substituents is 2. The lowest BCUT2D eigenvalue weighted by Crippen LogP contribution is -2.60. The number of ether oxygens (including phenoxy) is 1. The van der Waals surface area contributed by atoms with Gasteiger partial charge in [-0.1, -0.05) is 54.6 Å². The highest BCUT2D eigenvalue weighted by Crippen LogP contribution is 2.66. The van der Waals surface area contributed by atoms with Crippen LogP contribution in [-0.2, 0) is 10.8 Å². The van der Waals surface area contributed by atoms with Crippen LogP contribution in [0, 0.1) is 0 Å². The summed E-state index contributed by atoms with van der Waals surface area (Å²) >= 11 is 0. The largest absolute Gasteiger partial charge is 0.505 e. The van der Waals surface area contributed by atoms with Crippen molar-refractivity contribution in [2.24, 2.45) is 0 Å². The molecule has 0 aliphatic carbocycles. The molecule has 0 radical (unpaired) electrons. The van der Waals surface area contributed by atoms with Gasteiger partial charge >= 0.3 is 24.7 Å². The van der Waals surface area contributed by atoms with Crippen molar-refractivity contribution in [2.45, 2.75) is 35.5 Å². The fourth-order valence-electron chi connectivity index (χ4n) is 5.46. The second-order valence-corrected chi connectivity index (χ2v) is 10.1. The summed E-state index contributed by atoms with van der Waals surface area (Å²) in [6.45, 7) is 0. The molecule has 0 heterocycles. The monoisotopic (exact) mass is 684 g/mol. The summed E-state index contributed by atoms with van der Waals surface area (Å²) in [5.74, 6) is -6.25. The van der Waals surface area contributed by atoms with Crippen molar-refractivity contribution in [3.63, 3.8) is 0 Å². The summed E-state index contributed by atoms with van der Waals surface area (Å²) in [7, 11) is 0. The van der Waals surface area contributed by atoms with Crippen LogP contribution in [0.25, 0.3) is 0 Å². The highest BCUT2D eigenvalue weighted by Gasteiger charge is 2.80. The van der Waals surface area contributed by atoms with Crippen LogP contribution in [0.15, 0.2) is 84.9 Å². The molecule has 0 aliphatic rings. The minimum Gasteiger partial charge on any atom is -0.505 e. The Bertz CT molecular complexity index is 1740. The van der Waals surface area contributed by atoms with Gasteiger partial charge in [0.15, 0.2) is 0 Å². The standard InChI is InChI=1S/C30H20F12N2O3/c31-27(32,33)25(28(34,35)36,17-10-4-12-19(43)23(17)45)16-9-6-14-21(47-15-7-2-1-3-8-15)22(16)26(29(37,38)39,30(40,41)42)18-11-5-13-20(44)24(18)46/h1-14,45-46H,43-44H2. The number of nitrogen functional groups attached to an aromatic ring is 2. The Morgan fingerprint density at radius 1 is 0.447 bits per heavy atom. The lowest BCUT2D eigenvalue weighted by atomic mass is 9.63. The maximum atomic E-state index is 15.4. The van der Waals surface area contributed by atoms with Gasteiger partial charge in [0.25, 0.3) is 0 Å². The van der Waals surface area contributed by atoms with Crippen molar-refractivity contribution in [3.05, 3.63) is 107 Å². The molecule has 5 nitrogen and oxygen atoms in total. The zero-order valence-corrected chi connectivity index (χ0v) is 23.1. The van der Waals surface area contributed by atoms with Crippen molar-refractivity contribution in [2.75, 3.05) is 11.5 Å². The van der Waals surface area contributed by atoms with Crippen LogP contribution in [0.2, 0.25) is 0 Å². The van der Waals surface area contributed by atoms with E-state index in [0.29, 0.717) is 30.3 Å². The van der Waals surface area contributed by atoms with Gasteiger partial charge in [0, 0.05) is 16.7 Å². The maximum Gasteiger partial charge on any atom is 0.411 e. The summed E-state index contributed by atoms with van der Waals surface area (Å²) in [4.78, 5) is 0. The number of nitrogens with two attached hydrogens (primary N) is 2. The van der Waals surface area contributed by atoms with Crippen molar-refractivity contribution < 1.29 is 67.6 Å². The van der Waals surface area contributed by atoms with Crippen molar-refractivity contribution in [3.8, 4) is 23.0 Å². The minimum absolute atomic E-state index is 0.00200. The Kier molecular flexibility index (Phi) is 8.45. The van der Waals surface area contributed by atoms with Crippen molar-refractivity contribution >= 4 is 11.4 Å². The van der Waals surface area contributed by atoms with Crippen LogP contribution >= 0.6 is 0 Å². The number of hydrogen-bond acceptors (Lipinski definition) is 5. The molecule has 252 valence electrons. The lowest BCUT2D eigenvalue weighted by molar-refractivity contribution is -0.299. The topological polar surface area (TPSA) is 102 Å². The van der Waals surface area contributed by atoms with E-state index >= 15 is 52.7 Å². The Hall–Kier alpha value is -4.96. The maximum absolute atomic E-state index is 15.4. The molecule has 6 N–H and O–H groups in total. The van der Waals surface area contributed by atoms with Gasteiger partial charge < -0.3 is 26.4 Å². The number of hydrogen-bond donors (Lipinski definition) is 4. The number of para-hydroxylation sites is 3. The number of benzene rings is 4. The van der Waals surface area contributed by atoms with E-state index in [0.717, 1.165) is 24.3 Å². The number of phenols is 2. The first kappa shape index (κ1) is 34.9. The van der Waals surface area contributed by atoms with E-state index in [1.807, 2.05) is 0 Å². The molecule has 4 aromatic rings. The van der Waals surface area contributed by atoms with Crippen LogP contribution in [-0.4, -0.2) is 34.9 Å². The molecule has 0 unspecified atom stereocenters. The van der Waals surface area contributed by atoms with Gasteiger partial charge in [0.05, 0.1) is 11.4 Å². The Morgan fingerprint density at radius 2 is 0.830 bits per heavy atom. The van der Waals surface area contributed by atoms with Gasteiger partial charge in [-0.25, -0.2) is 0 Å². The molecule has 4 aromatic carbocycles. The number of rotatable bonds is 6. The zero-order valence-electron chi connectivity index (χ0n) is 23.1. The molecular formula is C30H20F12N2O3. The van der Waals surface area contributed by atoms with E-state index in [-0.39, 0.29) is 24.3 Å². The molecule has 0 fully saturated rings. The summed E-state index contributed by atoms with van der Waals surface area (Å²) < 4.78 is 189. The zero-order chi connectivity index (χ0) is 35.4. The SMILES string of the molecule is Nc1cccc(C(c2cccc(Oc3ccccc3)c2C(c2cccc(N)c2O)(C(F)(F)F)C(F)(F)F)(C(F)(F)F)C(F)(F)F)c1O. The molecular weight excluding hydrogens is 664 g/mol. The molecule has 0 aromatic heterocycles. The average Bonchev–Trinajstić information content (AvgIpc) is 2.92. The Balaban J connectivity index is 2.45. The van der Waals surface area contributed by atoms with E-state index in [2.05, 4.69) is 0 Å². The normalized spacial score (nSPS) is 13.4. The summed E-state index contributed by atoms with van der Waals surface area (Å²) in [5, 5.41) is 21.0. The molecule has 0 saturated heterocycles. The third kappa shape index (κ3) is 5.26. The van der Waals surface area contributed by atoms with Crippen LogP contribution in [0.3, 0.4) is 0 Å². The fraction of sp³-hybridized carbons (Fsp3) is 0.200. The predicted molar refractivity (Wildman–Crippen MR) is 144 cm³/mol. The Labute approximate surface area is 256 Å². The van der Waals surface area contributed by atoms with Gasteiger partial charge in [-0.3, -0.25) is 0 Å². The van der Waals surface area contributed by atoms with Crippen LogP contribution in [0.5, 0.6) is 23.0 Å². The van der Waals surface area contributed by atoms with E-state index in [9.17, 15) is 10.2 Å². The summed E-state index contributed by atoms with van der Waals surface area (Å²) in [6.07, 6.45) is -27.4. The molecule has 0 bridgehead atoms. The minimum atomic E-state index is -6.87. The molecule has 4 rings (SSSR count). The quantitative estimate of drug-likeness (QED) is 0.0924. The number of alkyl halides is 12. The van der Waals surface area contributed by atoms with Crippen LogP contribution in [0.1, 0.15) is 22.3 Å². The average molecular weight is 684 g/mol. The van der Waals surface area contributed by atoms with Crippen molar-refractivity contribution in [1.82, 2.24) is 0 Å². The van der Waals surface area contributed by atoms with Crippen LogP contribution < -0.4 is 16.2 Å². The number of anilines is 2. The molecule has 0 atom stereocenters. The fourth-order valence-corrected chi connectivity index (χ4v) is 5.46. The van der Waals surface area contributed by atoms with Gasteiger partial charge in [-0.2, -0.15) is 52.7 Å². The number of halogens is 12. The van der Waals surface area contributed by atoms with E-state index < -0.39 is 92.2 Å². The highest BCUT2D eigenvalue weighted by molar-refractivity contribution is 5.69. The van der Waals surface area contributed by atoms with Gasteiger partial charge in [-0.05, 0) is 35.9 Å². The van der Waals surface area contributed by atoms with E-state index in [1.54, 1.807) is 0 Å². The molecule has 0 spiro atoms. The first-order valence-corrected chi connectivity index (χ1v) is 12.8. The summed E-state index contributed by atoms with van der Waals surface area (Å²) in [5.41, 5.74) is -13.2. The first-order chi connectivity index (χ1) is 21.5. The molecule has 0 aliphatic heterocycles. The number of aromatic hydroxyl groups is 2. The van der Waals surface area contributed by atoms with Crippen LogP contribution in [0.4, 0.5) is 64.1 Å². The van der Waals surface area contributed by atoms with Crippen molar-refractivity contribution in [1.29, 1.82) is 0 Å². The van der Waals surface area contributed by atoms with E-state index in [4.69, 9.17) is 16.2 Å². The lowest BCUT2D eigenvalue weighted by Gasteiger charge is -2.45.